The van der Waals surface area contributed by atoms with Gasteiger partial charge in [0.25, 0.3) is 0 Å². The lowest BCUT2D eigenvalue weighted by Crippen LogP contribution is -2.32. The van der Waals surface area contributed by atoms with Crippen molar-refractivity contribution < 1.29 is 0 Å². The fraction of sp³-hybridized carbons (Fsp3) is 0.500. The van der Waals surface area contributed by atoms with Crippen molar-refractivity contribution in [3.63, 3.8) is 0 Å². The number of thioether (sulfide) groups is 1. The Labute approximate surface area is 97.2 Å². The summed E-state index contributed by atoms with van der Waals surface area (Å²) >= 11 is 5.47. The molecule has 14 heavy (non-hydrogen) atoms. The number of rotatable bonds is 1. The van der Waals surface area contributed by atoms with Gasteiger partial charge in [0.2, 0.25) is 0 Å². The van der Waals surface area contributed by atoms with E-state index in [9.17, 15) is 0 Å². The van der Waals surface area contributed by atoms with E-state index < -0.39 is 0 Å². The van der Waals surface area contributed by atoms with Crippen LogP contribution in [0.4, 0.5) is 5.69 Å². The van der Waals surface area contributed by atoms with Gasteiger partial charge in [0.05, 0.1) is 0 Å². The molecule has 2 heterocycles. The van der Waals surface area contributed by atoms with Gasteiger partial charge in [0.15, 0.2) is 0 Å². The molecule has 0 amide bonds. The molecule has 0 aromatic carbocycles. The van der Waals surface area contributed by atoms with Crippen LogP contribution >= 0.6 is 27.7 Å². The van der Waals surface area contributed by atoms with Gasteiger partial charge >= 0.3 is 0 Å². The maximum atomic E-state index is 4.31. The number of hydrogen-bond acceptors (Lipinski definition) is 3. The first-order chi connectivity index (χ1) is 6.75. The quantitative estimate of drug-likeness (QED) is 0.732. The van der Waals surface area contributed by atoms with Crippen LogP contribution in [0, 0.1) is 6.92 Å². The summed E-state index contributed by atoms with van der Waals surface area (Å²) in [4.78, 5) is 6.74. The van der Waals surface area contributed by atoms with Gasteiger partial charge in [-0.2, -0.15) is 11.8 Å². The topological polar surface area (TPSA) is 16.1 Å². The van der Waals surface area contributed by atoms with Crippen molar-refractivity contribution in [3.8, 4) is 0 Å². The van der Waals surface area contributed by atoms with Crippen molar-refractivity contribution in [2.45, 2.75) is 6.92 Å². The maximum absolute atomic E-state index is 4.31. The summed E-state index contributed by atoms with van der Waals surface area (Å²) < 4.78 is 0.936. The molecule has 0 atom stereocenters. The first kappa shape index (κ1) is 10.3. The smallest absolute Gasteiger partial charge is 0.108 e. The van der Waals surface area contributed by atoms with Crippen molar-refractivity contribution in [3.05, 3.63) is 22.4 Å². The predicted octanol–water partition coefficient (Wildman–Crippen LogP) is 2.71. The first-order valence-corrected chi connectivity index (χ1v) is 6.67. The fourth-order valence-electron chi connectivity index (χ4n) is 1.61. The van der Waals surface area contributed by atoms with Gasteiger partial charge in [0.1, 0.15) is 4.60 Å². The summed E-state index contributed by atoms with van der Waals surface area (Å²) in [5.74, 6) is 2.47. The number of hydrogen-bond donors (Lipinski definition) is 0. The highest BCUT2D eigenvalue weighted by Gasteiger charge is 2.11. The number of aromatic nitrogens is 1. The molecule has 0 N–H and O–H groups in total. The summed E-state index contributed by atoms with van der Waals surface area (Å²) in [5.41, 5.74) is 2.37. The van der Waals surface area contributed by atoms with E-state index in [4.69, 9.17) is 0 Å². The third kappa shape index (κ3) is 2.42. The molecule has 1 aromatic heterocycles. The lowest BCUT2D eigenvalue weighted by atomic mass is 10.3. The van der Waals surface area contributed by atoms with Gasteiger partial charge in [-0.3, -0.25) is 0 Å². The average molecular weight is 273 g/mol. The zero-order valence-corrected chi connectivity index (χ0v) is 10.6. The van der Waals surface area contributed by atoms with Gasteiger partial charge < -0.3 is 4.90 Å². The second-order valence-electron chi connectivity index (χ2n) is 3.39. The standard InChI is InChI=1S/C10H13BrN2S/c1-8-6-9(7-10(11)12-8)13-2-4-14-5-3-13/h6-7H,2-5H2,1H3. The van der Waals surface area contributed by atoms with Crippen LogP contribution in [-0.4, -0.2) is 29.6 Å². The highest BCUT2D eigenvalue weighted by atomic mass is 79.9. The van der Waals surface area contributed by atoms with Crippen LogP contribution in [0.5, 0.6) is 0 Å². The van der Waals surface area contributed by atoms with Crippen molar-refractivity contribution >= 4 is 33.4 Å². The Morgan fingerprint density at radius 3 is 2.71 bits per heavy atom. The molecule has 2 nitrogen and oxygen atoms in total. The Morgan fingerprint density at radius 1 is 1.36 bits per heavy atom. The van der Waals surface area contributed by atoms with Crippen LogP contribution < -0.4 is 4.90 Å². The average Bonchev–Trinajstić information content (AvgIpc) is 2.18. The molecule has 0 aliphatic carbocycles. The van der Waals surface area contributed by atoms with Crippen molar-refractivity contribution in [2.24, 2.45) is 0 Å². The zero-order valence-electron chi connectivity index (χ0n) is 8.16. The number of aryl methyl sites for hydroxylation is 1. The molecular weight excluding hydrogens is 260 g/mol. The number of nitrogens with zero attached hydrogens (tertiary/aromatic N) is 2. The molecule has 1 saturated heterocycles. The van der Waals surface area contributed by atoms with E-state index in [1.165, 1.54) is 17.2 Å². The normalized spacial score (nSPS) is 17.1. The molecule has 1 fully saturated rings. The monoisotopic (exact) mass is 272 g/mol. The van der Waals surface area contributed by atoms with E-state index in [-0.39, 0.29) is 0 Å². The minimum absolute atomic E-state index is 0.936. The second kappa shape index (κ2) is 4.53. The second-order valence-corrected chi connectivity index (χ2v) is 5.43. The number of pyridine rings is 1. The van der Waals surface area contributed by atoms with Crippen LogP contribution in [0.1, 0.15) is 5.69 Å². The van der Waals surface area contributed by atoms with Gasteiger partial charge in [-0.25, -0.2) is 4.98 Å². The van der Waals surface area contributed by atoms with Crippen LogP contribution in [0.2, 0.25) is 0 Å². The molecule has 1 aliphatic heterocycles. The first-order valence-electron chi connectivity index (χ1n) is 4.72. The SMILES string of the molecule is Cc1cc(N2CCSCC2)cc(Br)n1. The zero-order chi connectivity index (χ0) is 9.97. The molecule has 76 valence electrons. The highest BCUT2D eigenvalue weighted by Crippen LogP contribution is 2.22. The summed E-state index contributed by atoms with van der Waals surface area (Å²) in [7, 11) is 0. The summed E-state index contributed by atoms with van der Waals surface area (Å²) in [6.45, 7) is 4.34. The van der Waals surface area contributed by atoms with E-state index in [1.807, 2.05) is 18.7 Å². The third-order valence-corrected chi connectivity index (χ3v) is 3.63. The molecule has 0 saturated carbocycles. The largest absolute Gasteiger partial charge is 0.370 e. The van der Waals surface area contributed by atoms with Crippen molar-refractivity contribution in [2.75, 3.05) is 29.5 Å². The molecule has 0 bridgehead atoms. The minimum Gasteiger partial charge on any atom is -0.370 e. The van der Waals surface area contributed by atoms with Crippen LogP contribution in [0.15, 0.2) is 16.7 Å². The van der Waals surface area contributed by atoms with E-state index >= 15 is 0 Å². The van der Waals surface area contributed by atoms with Gasteiger partial charge in [-0.05, 0) is 35.0 Å². The molecule has 0 spiro atoms. The van der Waals surface area contributed by atoms with E-state index in [0.29, 0.717) is 0 Å². The molecule has 0 radical (unpaired) electrons. The van der Waals surface area contributed by atoms with E-state index in [0.717, 1.165) is 23.4 Å². The molecule has 0 unspecified atom stereocenters. The Bertz CT molecular complexity index is 304. The molecular formula is C10H13BrN2S. The summed E-state index contributed by atoms with van der Waals surface area (Å²) in [6.07, 6.45) is 0. The highest BCUT2D eigenvalue weighted by molar-refractivity contribution is 9.10. The van der Waals surface area contributed by atoms with Gasteiger partial charge in [-0.15, -0.1) is 0 Å². The lowest BCUT2D eigenvalue weighted by molar-refractivity contribution is 0.854. The summed E-state index contributed by atoms with van der Waals surface area (Å²) in [6, 6.07) is 4.25. The van der Waals surface area contributed by atoms with Crippen LogP contribution in [0.3, 0.4) is 0 Å². The number of halogens is 1. The Balaban J connectivity index is 2.21. The lowest BCUT2D eigenvalue weighted by Gasteiger charge is -2.28. The third-order valence-electron chi connectivity index (χ3n) is 2.28. The van der Waals surface area contributed by atoms with Gasteiger partial charge in [-0.1, -0.05) is 0 Å². The molecule has 4 heteroatoms. The molecule has 1 aliphatic rings. The number of anilines is 1. The van der Waals surface area contributed by atoms with Crippen LogP contribution in [0.25, 0.3) is 0 Å². The Hall–Kier alpha value is -0.220. The van der Waals surface area contributed by atoms with Gasteiger partial charge in [0, 0.05) is 36.0 Å². The Morgan fingerprint density at radius 2 is 2.07 bits per heavy atom. The van der Waals surface area contributed by atoms with E-state index in [2.05, 4.69) is 37.9 Å². The van der Waals surface area contributed by atoms with Crippen molar-refractivity contribution in [1.29, 1.82) is 0 Å². The maximum Gasteiger partial charge on any atom is 0.108 e. The Kier molecular flexibility index (Phi) is 3.34. The van der Waals surface area contributed by atoms with Crippen molar-refractivity contribution in [1.82, 2.24) is 4.98 Å². The van der Waals surface area contributed by atoms with E-state index in [1.54, 1.807) is 0 Å². The predicted molar refractivity (Wildman–Crippen MR) is 66.2 cm³/mol. The molecule has 2 rings (SSSR count). The fourth-order valence-corrected chi connectivity index (χ4v) is 3.03. The molecule has 1 aromatic rings. The minimum atomic E-state index is 0.936. The van der Waals surface area contributed by atoms with Crippen LogP contribution in [-0.2, 0) is 0 Å². The summed E-state index contributed by atoms with van der Waals surface area (Å²) in [5, 5.41) is 0.